The molecule has 1 aliphatic rings. The largest absolute Gasteiger partial charge is 0.495 e. The number of benzene rings is 1. The molecule has 0 fully saturated rings. The third-order valence-corrected chi connectivity index (χ3v) is 5.31. The molecule has 1 aromatic carbocycles. The van der Waals surface area contributed by atoms with Crippen LogP contribution in [0.4, 0.5) is 17.5 Å². The van der Waals surface area contributed by atoms with Gasteiger partial charge in [0.2, 0.25) is 5.95 Å². The number of hydrogen-bond donors (Lipinski definition) is 3. The van der Waals surface area contributed by atoms with E-state index in [1.54, 1.807) is 26.6 Å². The van der Waals surface area contributed by atoms with E-state index in [1.165, 1.54) is 0 Å². The van der Waals surface area contributed by atoms with Crippen molar-refractivity contribution < 1.29 is 14.6 Å². The molecule has 8 heteroatoms. The normalized spacial score (nSPS) is 17.3. The lowest BCUT2D eigenvalue weighted by atomic mass is 9.85. The molecule has 0 spiro atoms. The first-order chi connectivity index (χ1) is 14.6. The van der Waals surface area contributed by atoms with Crippen LogP contribution in [-0.4, -0.2) is 47.4 Å². The van der Waals surface area contributed by atoms with Crippen molar-refractivity contribution in [3.8, 4) is 17.0 Å². The summed E-state index contributed by atoms with van der Waals surface area (Å²) in [7, 11) is 3.28. The fourth-order valence-corrected chi connectivity index (χ4v) is 3.52. The number of anilines is 3. The molecule has 0 saturated heterocycles. The van der Waals surface area contributed by atoms with E-state index in [1.807, 2.05) is 37.3 Å². The van der Waals surface area contributed by atoms with E-state index in [-0.39, 0.29) is 12.0 Å². The molecule has 0 amide bonds. The van der Waals surface area contributed by atoms with Crippen molar-refractivity contribution in [3.63, 3.8) is 0 Å². The molecule has 2 aromatic heterocycles. The summed E-state index contributed by atoms with van der Waals surface area (Å²) >= 11 is 0. The van der Waals surface area contributed by atoms with Gasteiger partial charge in [-0.15, -0.1) is 0 Å². The van der Waals surface area contributed by atoms with Gasteiger partial charge in [-0.2, -0.15) is 0 Å². The summed E-state index contributed by atoms with van der Waals surface area (Å²) in [5, 5.41) is 16.3. The molecule has 0 bridgehead atoms. The first kappa shape index (κ1) is 20.1. The van der Waals surface area contributed by atoms with Gasteiger partial charge in [0.05, 0.1) is 31.7 Å². The maximum absolute atomic E-state index is 9.82. The Morgan fingerprint density at radius 2 is 2.07 bits per heavy atom. The van der Waals surface area contributed by atoms with Gasteiger partial charge in [0.1, 0.15) is 11.6 Å². The van der Waals surface area contributed by atoms with Crippen LogP contribution in [0.3, 0.4) is 0 Å². The van der Waals surface area contributed by atoms with Gasteiger partial charge in [-0.25, -0.2) is 15.0 Å². The fourth-order valence-electron chi connectivity index (χ4n) is 3.52. The second-order valence-electron chi connectivity index (χ2n) is 7.55. The number of nitrogens with one attached hydrogen (secondary N) is 2. The molecule has 0 saturated carbocycles. The minimum atomic E-state index is -0.357. The van der Waals surface area contributed by atoms with Gasteiger partial charge in [0.15, 0.2) is 0 Å². The molecule has 1 atom stereocenters. The van der Waals surface area contributed by atoms with E-state index in [9.17, 15) is 5.11 Å². The average Bonchev–Trinajstić information content (AvgIpc) is 3.12. The number of aromatic nitrogens is 3. The lowest BCUT2D eigenvalue weighted by Gasteiger charge is -2.20. The summed E-state index contributed by atoms with van der Waals surface area (Å²) in [6.45, 7) is 3.23. The number of nitrogens with zero attached hydrogens (tertiary/aromatic N) is 3. The summed E-state index contributed by atoms with van der Waals surface area (Å²) in [6.07, 6.45) is 3.48. The van der Waals surface area contributed by atoms with Crippen LogP contribution in [0.1, 0.15) is 18.1 Å². The molecule has 3 aromatic rings. The van der Waals surface area contributed by atoms with E-state index in [4.69, 9.17) is 9.47 Å². The molecule has 4 rings (SSSR count). The Morgan fingerprint density at radius 1 is 1.20 bits per heavy atom. The van der Waals surface area contributed by atoms with Crippen LogP contribution < -0.4 is 15.4 Å². The van der Waals surface area contributed by atoms with Gasteiger partial charge in [-0.1, -0.05) is 13.0 Å². The van der Waals surface area contributed by atoms with Gasteiger partial charge in [0.25, 0.3) is 0 Å². The molecule has 30 heavy (non-hydrogen) atoms. The first-order valence-electron chi connectivity index (χ1n) is 9.68. The lowest BCUT2D eigenvalue weighted by molar-refractivity contribution is 0.184. The number of fused-ring (bicyclic) bond motifs is 1. The second-order valence-corrected chi connectivity index (χ2v) is 7.55. The summed E-state index contributed by atoms with van der Waals surface area (Å²) < 4.78 is 10.7. The van der Waals surface area contributed by atoms with E-state index < -0.39 is 0 Å². The number of ether oxygens (including phenoxy) is 2. The van der Waals surface area contributed by atoms with Crippen molar-refractivity contribution in [2.45, 2.75) is 18.9 Å². The molecule has 156 valence electrons. The highest BCUT2D eigenvalue weighted by Gasteiger charge is 2.35. The van der Waals surface area contributed by atoms with Crippen LogP contribution in [-0.2, 0) is 16.8 Å². The highest BCUT2D eigenvalue weighted by molar-refractivity contribution is 5.68. The molecule has 3 heterocycles. The fraction of sp³-hybridized carbons (Fsp3) is 0.318. The Kier molecular flexibility index (Phi) is 5.52. The average molecular weight is 407 g/mol. The Morgan fingerprint density at radius 3 is 2.83 bits per heavy atom. The molecule has 1 aliphatic heterocycles. The standard InChI is InChI=1S/C22H25N5O3/c1-22(13-28)12-25-20-16(22)9-15(10-24-20)17-6-7-23-21(26-17)27-18-5-4-14(11-29-2)8-19(18)30-3/h4-10,28H,11-13H2,1-3H3,(H,24,25)(H,23,26,27). The van der Waals surface area contributed by atoms with E-state index in [0.29, 0.717) is 24.8 Å². The monoisotopic (exact) mass is 407 g/mol. The number of aliphatic hydroxyl groups excluding tert-OH is 1. The minimum absolute atomic E-state index is 0.0492. The zero-order chi connectivity index (χ0) is 21.1. The Hall–Kier alpha value is -3.23. The van der Waals surface area contributed by atoms with Crippen LogP contribution in [0.25, 0.3) is 11.3 Å². The number of hydrogen-bond acceptors (Lipinski definition) is 8. The summed E-state index contributed by atoms with van der Waals surface area (Å²) in [4.78, 5) is 13.5. The van der Waals surface area contributed by atoms with Crippen molar-refractivity contribution in [1.29, 1.82) is 0 Å². The van der Waals surface area contributed by atoms with Gasteiger partial charge in [0, 0.05) is 42.6 Å². The molecule has 8 nitrogen and oxygen atoms in total. The Labute approximate surface area is 175 Å². The molecule has 3 N–H and O–H groups in total. The summed E-state index contributed by atoms with van der Waals surface area (Å²) in [5.74, 6) is 1.94. The van der Waals surface area contributed by atoms with Gasteiger partial charge in [-0.3, -0.25) is 0 Å². The zero-order valence-electron chi connectivity index (χ0n) is 17.3. The molecular weight excluding hydrogens is 382 g/mol. The van der Waals surface area contributed by atoms with Crippen molar-refractivity contribution >= 4 is 17.5 Å². The van der Waals surface area contributed by atoms with Crippen LogP contribution >= 0.6 is 0 Å². The lowest BCUT2D eigenvalue weighted by Crippen LogP contribution is -2.28. The van der Waals surface area contributed by atoms with Crippen LogP contribution in [0.5, 0.6) is 5.75 Å². The molecular formula is C22H25N5O3. The SMILES string of the molecule is COCc1ccc(Nc2nccc(-c3cnc4c(c3)C(C)(CO)CN4)n2)c(OC)c1. The first-order valence-corrected chi connectivity index (χ1v) is 9.68. The minimum Gasteiger partial charge on any atom is -0.495 e. The Bertz CT molecular complexity index is 1060. The second kappa shape index (κ2) is 8.25. The zero-order valence-corrected chi connectivity index (χ0v) is 17.3. The highest BCUT2D eigenvalue weighted by Crippen LogP contribution is 2.37. The molecule has 1 unspecified atom stereocenters. The number of methoxy groups -OCH3 is 2. The quantitative estimate of drug-likeness (QED) is 0.549. The summed E-state index contributed by atoms with van der Waals surface area (Å²) in [5.41, 5.74) is 4.02. The topological polar surface area (TPSA) is 101 Å². The van der Waals surface area contributed by atoms with E-state index >= 15 is 0 Å². The van der Waals surface area contributed by atoms with Gasteiger partial charge in [-0.05, 0) is 29.8 Å². The van der Waals surface area contributed by atoms with Crippen molar-refractivity contribution in [1.82, 2.24) is 15.0 Å². The van der Waals surface area contributed by atoms with Crippen molar-refractivity contribution in [3.05, 3.63) is 53.9 Å². The maximum atomic E-state index is 9.82. The smallest absolute Gasteiger partial charge is 0.227 e. The van der Waals surface area contributed by atoms with Gasteiger partial charge < -0.3 is 25.2 Å². The summed E-state index contributed by atoms with van der Waals surface area (Å²) in [6, 6.07) is 9.67. The third-order valence-electron chi connectivity index (χ3n) is 5.31. The van der Waals surface area contributed by atoms with Crippen LogP contribution in [0, 0.1) is 0 Å². The number of pyridine rings is 1. The van der Waals surface area contributed by atoms with Crippen LogP contribution in [0.2, 0.25) is 0 Å². The van der Waals surface area contributed by atoms with Gasteiger partial charge >= 0.3 is 0 Å². The number of aliphatic hydroxyl groups is 1. The Balaban J connectivity index is 1.62. The van der Waals surface area contributed by atoms with Crippen molar-refractivity contribution in [2.75, 3.05) is 38.0 Å². The number of rotatable bonds is 7. The maximum Gasteiger partial charge on any atom is 0.227 e. The van der Waals surface area contributed by atoms with Crippen LogP contribution in [0.15, 0.2) is 42.7 Å². The van der Waals surface area contributed by atoms with Crippen molar-refractivity contribution in [2.24, 2.45) is 0 Å². The van der Waals surface area contributed by atoms with E-state index in [2.05, 4.69) is 25.6 Å². The van der Waals surface area contributed by atoms with E-state index in [0.717, 1.165) is 33.9 Å². The molecule has 0 radical (unpaired) electrons. The molecule has 0 aliphatic carbocycles. The predicted molar refractivity (Wildman–Crippen MR) is 115 cm³/mol. The third kappa shape index (κ3) is 3.79. The predicted octanol–water partition coefficient (Wildman–Crippen LogP) is 3.11. The highest BCUT2D eigenvalue weighted by atomic mass is 16.5.